The largest absolute Gasteiger partial charge is 0.396 e. The second-order valence-electron chi connectivity index (χ2n) is 7.84. The molecule has 150 valence electrons. The molecule has 0 bridgehead atoms. The van der Waals surface area contributed by atoms with Crippen LogP contribution in [-0.4, -0.2) is 33.3 Å². The molecule has 0 saturated heterocycles. The standard InChI is InChI=1S/C23H32N4O/c1-7-17-12-20-21(15(4)13-27(20)16(5)10-11-28)26-22(17)18-8-9-19(14(2)3)25-23(18)24-6/h8-9,12-14,16,28H,7,10-11H2,1-6H3,(H,24,25)/t16-/m1/s1. The summed E-state index contributed by atoms with van der Waals surface area (Å²) in [6.45, 7) is 10.9. The first-order valence-electron chi connectivity index (χ1n) is 10.2. The van der Waals surface area contributed by atoms with Crippen LogP contribution in [0.5, 0.6) is 0 Å². The van der Waals surface area contributed by atoms with Crippen LogP contribution in [0.4, 0.5) is 5.82 Å². The summed E-state index contributed by atoms with van der Waals surface area (Å²) in [7, 11) is 1.92. The fourth-order valence-electron chi connectivity index (χ4n) is 3.74. The van der Waals surface area contributed by atoms with Gasteiger partial charge in [-0.05, 0) is 61.9 Å². The molecular weight excluding hydrogens is 348 g/mol. The van der Waals surface area contributed by atoms with Crippen LogP contribution in [0.2, 0.25) is 0 Å². The number of nitrogens with one attached hydrogen (secondary N) is 1. The van der Waals surface area contributed by atoms with Crippen LogP contribution < -0.4 is 5.32 Å². The Kier molecular flexibility index (Phi) is 6.04. The van der Waals surface area contributed by atoms with Gasteiger partial charge in [0.1, 0.15) is 5.82 Å². The predicted octanol–water partition coefficient (Wildman–Crippen LogP) is 5.08. The van der Waals surface area contributed by atoms with Gasteiger partial charge in [-0.1, -0.05) is 20.8 Å². The minimum atomic E-state index is 0.186. The molecule has 2 N–H and O–H groups in total. The predicted molar refractivity (Wildman–Crippen MR) is 117 cm³/mol. The van der Waals surface area contributed by atoms with Gasteiger partial charge in [-0.15, -0.1) is 0 Å². The fraction of sp³-hybridized carbons (Fsp3) is 0.478. The molecule has 1 atom stereocenters. The lowest BCUT2D eigenvalue weighted by atomic mass is 10.0. The number of nitrogens with zero attached hydrogens (tertiary/aromatic N) is 3. The normalized spacial score (nSPS) is 12.7. The minimum Gasteiger partial charge on any atom is -0.396 e. The molecule has 0 amide bonds. The van der Waals surface area contributed by atoms with Crippen molar-refractivity contribution in [1.82, 2.24) is 14.5 Å². The van der Waals surface area contributed by atoms with Crippen LogP contribution in [0.3, 0.4) is 0 Å². The van der Waals surface area contributed by atoms with Crippen LogP contribution in [0, 0.1) is 6.92 Å². The van der Waals surface area contributed by atoms with Gasteiger partial charge in [0.25, 0.3) is 0 Å². The maximum Gasteiger partial charge on any atom is 0.135 e. The van der Waals surface area contributed by atoms with E-state index >= 15 is 0 Å². The molecule has 0 fully saturated rings. The molecule has 3 heterocycles. The molecule has 0 spiro atoms. The number of aliphatic hydroxyl groups excluding tert-OH is 1. The summed E-state index contributed by atoms with van der Waals surface area (Å²) in [6, 6.07) is 6.74. The molecule has 0 unspecified atom stereocenters. The van der Waals surface area contributed by atoms with E-state index in [0.717, 1.165) is 52.2 Å². The third-order valence-electron chi connectivity index (χ3n) is 5.47. The van der Waals surface area contributed by atoms with Crippen LogP contribution in [-0.2, 0) is 6.42 Å². The van der Waals surface area contributed by atoms with E-state index in [9.17, 15) is 5.11 Å². The zero-order chi connectivity index (χ0) is 20.4. The Hall–Kier alpha value is -2.40. The summed E-state index contributed by atoms with van der Waals surface area (Å²) in [5.41, 5.74) is 7.63. The van der Waals surface area contributed by atoms with Gasteiger partial charge < -0.3 is 15.0 Å². The first-order valence-corrected chi connectivity index (χ1v) is 10.2. The Bertz CT molecular complexity index is 974. The second kappa shape index (κ2) is 8.31. The van der Waals surface area contributed by atoms with Gasteiger partial charge in [0.2, 0.25) is 0 Å². The number of rotatable bonds is 7. The first kappa shape index (κ1) is 20.3. The quantitative estimate of drug-likeness (QED) is 0.600. The highest BCUT2D eigenvalue weighted by molar-refractivity contribution is 5.86. The van der Waals surface area contributed by atoms with E-state index in [1.807, 2.05) is 7.05 Å². The van der Waals surface area contributed by atoms with Gasteiger partial charge >= 0.3 is 0 Å². The highest BCUT2D eigenvalue weighted by Gasteiger charge is 2.18. The third kappa shape index (κ3) is 3.63. The number of aromatic nitrogens is 3. The van der Waals surface area contributed by atoms with Gasteiger partial charge in [0.05, 0.1) is 16.7 Å². The van der Waals surface area contributed by atoms with E-state index in [0.29, 0.717) is 5.92 Å². The number of pyridine rings is 2. The number of aryl methyl sites for hydroxylation is 2. The first-order chi connectivity index (χ1) is 13.4. The number of hydrogen-bond acceptors (Lipinski definition) is 4. The lowest BCUT2D eigenvalue weighted by Gasteiger charge is -2.17. The molecule has 0 radical (unpaired) electrons. The van der Waals surface area contributed by atoms with Crippen molar-refractivity contribution in [2.75, 3.05) is 19.0 Å². The SMILES string of the molecule is CCc1cc2c(nc1-c1ccc(C(C)C)nc1NC)c(C)cn2[C@H](C)CCO. The Morgan fingerprint density at radius 3 is 2.54 bits per heavy atom. The van der Waals surface area contributed by atoms with Gasteiger partial charge in [-0.2, -0.15) is 0 Å². The molecular formula is C23H32N4O. The topological polar surface area (TPSA) is 63.0 Å². The molecule has 0 aromatic carbocycles. The molecule has 0 aliphatic carbocycles. The van der Waals surface area contributed by atoms with Crippen molar-refractivity contribution in [2.45, 2.75) is 59.4 Å². The highest BCUT2D eigenvalue weighted by atomic mass is 16.3. The van der Waals surface area contributed by atoms with E-state index < -0.39 is 0 Å². The number of aliphatic hydroxyl groups is 1. The number of hydrogen-bond donors (Lipinski definition) is 2. The van der Waals surface area contributed by atoms with Gasteiger partial charge in [0, 0.05) is 37.2 Å². The lowest BCUT2D eigenvalue weighted by molar-refractivity contribution is 0.264. The number of anilines is 1. The average Bonchev–Trinajstić information content (AvgIpc) is 3.02. The van der Waals surface area contributed by atoms with Crippen molar-refractivity contribution in [1.29, 1.82) is 0 Å². The Morgan fingerprint density at radius 2 is 1.93 bits per heavy atom. The maximum atomic E-state index is 9.35. The maximum absolute atomic E-state index is 9.35. The van der Waals surface area contributed by atoms with Gasteiger partial charge in [0.15, 0.2) is 0 Å². The summed E-state index contributed by atoms with van der Waals surface area (Å²) in [5.74, 6) is 1.25. The van der Waals surface area contributed by atoms with Crippen LogP contribution in [0.15, 0.2) is 24.4 Å². The molecule has 0 saturated carbocycles. The molecule has 28 heavy (non-hydrogen) atoms. The molecule has 5 heteroatoms. The van der Waals surface area contributed by atoms with Crippen molar-refractivity contribution in [3.63, 3.8) is 0 Å². The zero-order valence-corrected chi connectivity index (χ0v) is 17.9. The minimum absolute atomic E-state index is 0.186. The molecule has 3 aromatic heterocycles. The molecule has 3 aromatic rings. The summed E-state index contributed by atoms with van der Waals surface area (Å²) < 4.78 is 2.25. The summed E-state index contributed by atoms with van der Waals surface area (Å²) in [6.07, 6.45) is 3.78. The van der Waals surface area contributed by atoms with Gasteiger partial charge in [-0.25, -0.2) is 9.97 Å². The van der Waals surface area contributed by atoms with E-state index in [2.05, 4.69) is 68.9 Å². The monoisotopic (exact) mass is 380 g/mol. The summed E-state index contributed by atoms with van der Waals surface area (Å²) >= 11 is 0. The van der Waals surface area contributed by atoms with Crippen molar-refractivity contribution < 1.29 is 5.11 Å². The Morgan fingerprint density at radius 1 is 1.18 bits per heavy atom. The fourth-order valence-corrected chi connectivity index (χ4v) is 3.74. The number of fused-ring (bicyclic) bond motifs is 1. The Labute approximate surface area is 167 Å². The zero-order valence-electron chi connectivity index (χ0n) is 17.9. The van der Waals surface area contributed by atoms with Crippen LogP contribution in [0.25, 0.3) is 22.3 Å². The second-order valence-corrected chi connectivity index (χ2v) is 7.84. The van der Waals surface area contributed by atoms with Crippen molar-refractivity contribution in [3.05, 3.63) is 41.2 Å². The molecule has 0 aliphatic rings. The third-order valence-corrected chi connectivity index (χ3v) is 5.47. The summed E-state index contributed by atoms with van der Waals surface area (Å²) in [5, 5.41) is 12.6. The van der Waals surface area contributed by atoms with E-state index in [4.69, 9.17) is 9.97 Å². The van der Waals surface area contributed by atoms with Crippen molar-refractivity contribution in [3.8, 4) is 11.3 Å². The molecule has 3 rings (SSSR count). The molecule has 0 aliphatic heterocycles. The lowest BCUT2D eigenvalue weighted by Crippen LogP contribution is -2.06. The van der Waals surface area contributed by atoms with E-state index in [-0.39, 0.29) is 12.6 Å². The molecule has 5 nitrogen and oxygen atoms in total. The smallest absolute Gasteiger partial charge is 0.135 e. The van der Waals surface area contributed by atoms with Crippen molar-refractivity contribution >= 4 is 16.9 Å². The van der Waals surface area contributed by atoms with E-state index in [1.54, 1.807) is 0 Å². The average molecular weight is 381 g/mol. The van der Waals surface area contributed by atoms with Crippen LogP contribution in [0.1, 0.15) is 62.9 Å². The van der Waals surface area contributed by atoms with E-state index in [1.165, 1.54) is 5.56 Å². The summed E-state index contributed by atoms with van der Waals surface area (Å²) in [4.78, 5) is 9.92. The van der Waals surface area contributed by atoms with Crippen LogP contribution >= 0.6 is 0 Å². The van der Waals surface area contributed by atoms with Crippen molar-refractivity contribution in [2.24, 2.45) is 0 Å². The Balaban J connectivity index is 2.21. The highest BCUT2D eigenvalue weighted by Crippen LogP contribution is 2.34. The van der Waals surface area contributed by atoms with Gasteiger partial charge in [-0.3, -0.25) is 0 Å².